The molecule has 146 valence electrons. The number of aliphatic carboxylic acids is 1. The molecule has 0 fully saturated rings. The van der Waals surface area contributed by atoms with Crippen LogP contribution in [0.2, 0.25) is 0 Å². The zero-order chi connectivity index (χ0) is 20.5. The van der Waals surface area contributed by atoms with Crippen LogP contribution in [0.25, 0.3) is 33.1 Å². The molecule has 0 spiro atoms. The average Bonchev–Trinajstić information content (AvgIpc) is 3.11. The average molecular weight is 389 g/mol. The second-order valence-corrected chi connectivity index (χ2v) is 6.71. The molecule has 3 N–H and O–H groups in total. The third-order valence-corrected chi connectivity index (χ3v) is 4.79. The summed E-state index contributed by atoms with van der Waals surface area (Å²) in [6.07, 6.45) is 0. The molecule has 0 saturated heterocycles. The first-order chi connectivity index (χ1) is 14.0. The number of hydrogen-bond acceptors (Lipinski definition) is 4. The van der Waals surface area contributed by atoms with Gasteiger partial charge in [-0.2, -0.15) is 0 Å². The van der Waals surface area contributed by atoms with E-state index in [0.717, 1.165) is 27.4 Å². The normalized spacial score (nSPS) is 12.1. The van der Waals surface area contributed by atoms with Gasteiger partial charge in [0.15, 0.2) is 0 Å². The van der Waals surface area contributed by atoms with Crippen LogP contribution in [0.1, 0.15) is 17.4 Å². The number of carbonyl (C=O) groups excluding carboxylic acids is 1. The van der Waals surface area contributed by atoms with Crippen molar-refractivity contribution in [2.45, 2.75) is 13.0 Å². The standard InChI is InChI=1S/C22H19N3O4/c1-12(22(27)28)23-21(26)18-11-16-15-8-3-4-9-17(15)24-20(16)19(25-18)13-6-5-7-14(10-13)29-2/h3-12,24H,1-2H3,(H,23,26)(H,27,28). The Labute approximate surface area is 166 Å². The first-order valence-corrected chi connectivity index (χ1v) is 9.07. The molecule has 1 unspecified atom stereocenters. The van der Waals surface area contributed by atoms with Crippen molar-refractivity contribution in [1.29, 1.82) is 0 Å². The van der Waals surface area contributed by atoms with E-state index < -0.39 is 17.9 Å². The fourth-order valence-corrected chi connectivity index (χ4v) is 3.27. The molecular weight excluding hydrogens is 370 g/mol. The van der Waals surface area contributed by atoms with Gasteiger partial charge in [0, 0.05) is 21.9 Å². The number of amides is 1. The van der Waals surface area contributed by atoms with Crippen LogP contribution in [0.4, 0.5) is 0 Å². The van der Waals surface area contributed by atoms with E-state index in [9.17, 15) is 9.59 Å². The van der Waals surface area contributed by atoms with Gasteiger partial charge in [-0.3, -0.25) is 9.59 Å². The van der Waals surface area contributed by atoms with Crippen LogP contribution in [-0.4, -0.2) is 40.1 Å². The van der Waals surface area contributed by atoms with Gasteiger partial charge in [-0.05, 0) is 31.2 Å². The number of hydrogen-bond donors (Lipinski definition) is 3. The summed E-state index contributed by atoms with van der Waals surface area (Å²) < 4.78 is 5.32. The summed E-state index contributed by atoms with van der Waals surface area (Å²) in [7, 11) is 1.59. The van der Waals surface area contributed by atoms with Gasteiger partial charge in [0.1, 0.15) is 17.5 Å². The van der Waals surface area contributed by atoms with Gasteiger partial charge in [-0.1, -0.05) is 30.3 Å². The summed E-state index contributed by atoms with van der Waals surface area (Å²) in [5, 5.41) is 13.3. The molecule has 4 aromatic rings. The molecule has 1 amide bonds. The number of rotatable bonds is 5. The van der Waals surface area contributed by atoms with Gasteiger partial charge in [-0.25, -0.2) is 4.98 Å². The molecule has 0 radical (unpaired) electrons. The summed E-state index contributed by atoms with van der Waals surface area (Å²) in [5.74, 6) is -0.987. The van der Waals surface area contributed by atoms with Crippen molar-refractivity contribution in [1.82, 2.24) is 15.3 Å². The van der Waals surface area contributed by atoms with Crippen molar-refractivity contribution in [3.05, 3.63) is 60.3 Å². The van der Waals surface area contributed by atoms with Crippen LogP contribution in [0, 0.1) is 0 Å². The Kier molecular flexibility index (Phi) is 4.64. The topological polar surface area (TPSA) is 104 Å². The lowest BCUT2D eigenvalue weighted by Crippen LogP contribution is -2.38. The van der Waals surface area contributed by atoms with Crippen molar-refractivity contribution >= 4 is 33.7 Å². The number of nitrogens with one attached hydrogen (secondary N) is 2. The second kappa shape index (κ2) is 7.27. The lowest BCUT2D eigenvalue weighted by Gasteiger charge is -2.11. The summed E-state index contributed by atoms with van der Waals surface area (Å²) in [4.78, 5) is 31.8. The van der Waals surface area contributed by atoms with Crippen molar-refractivity contribution in [2.24, 2.45) is 0 Å². The quantitative estimate of drug-likeness (QED) is 0.484. The van der Waals surface area contributed by atoms with Crippen LogP contribution in [0.5, 0.6) is 5.75 Å². The number of fused-ring (bicyclic) bond motifs is 3. The van der Waals surface area contributed by atoms with Crippen LogP contribution in [0.3, 0.4) is 0 Å². The molecule has 0 aliphatic rings. The smallest absolute Gasteiger partial charge is 0.325 e. The molecule has 0 saturated carbocycles. The minimum absolute atomic E-state index is 0.146. The van der Waals surface area contributed by atoms with Crippen LogP contribution in [-0.2, 0) is 4.79 Å². The summed E-state index contributed by atoms with van der Waals surface area (Å²) in [6.45, 7) is 1.41. The molecule has 1 atom stereocenters. The molecule has 0 aliphatic carbocycles. The van der Waals surface area contributed by atoms with Gasteiger partial charge >= 0.3 is 5.97 Å². The Morgan fingerprint density at radius 3 is 2.66 bits per heavy atom. The maximum Gasteiger partial charge on any atom is 0.325 e. The molecule has 29 heavy (non-hydrogen) atoms. The van der Waals surface area contributed by atoms with E-state index in [1.165, 1.54) is 6.92 Å². The number of aromatic amines is 1. The number of pyridine rings is 1. The van der Waals surface area contributed by atoms with Crippen LogP contribution < -0.4 is 10.1 Å². The van der Waals surface area contributed by atoms with E-state index in [-0.39, 0.29) is 5.69 Å². The first kappa shape index (κ1) is 18.5. The summed E-state index contributed by atoms with van der Waals surface area (Å²) >= 11 is 0. The molecule has 0 aliphatic heterocycles. The molecule has 7 nitrogen and oxygen atoms in total. The van der Waals surface area contributed by atoms with Crippen LogP contribution in [0.15, 0.2) is 54.6 Å². The van der Waals surface area contributed by atoms with E-state index in [0.29, 0.717) is 11.4 Å². The number of carboxylic acids is 1. The Morgan fingerprint density at radius 2 is 1.90 bits per heavy atom. The number of benzene rings is 2. The highest BCUT2D eigenvalue weighted by molar-refractivity contribution is 6.13. The Bertz CT molecular complexity index is 1250. The highest BCUT2D eigenvalue weighted by Crippen LogP contribution is 2.33. The highest BCUT2D eigenvalue weighted by Gasteiger charge is 2.20. The molecule has 0 bridgehead atoms. The Morgan fingerprint density at radius 1 is 1.10 bits per heavy atom. The number of carbonyl (C=O) groups is 2. The predicted molar refractivity (Wildman–Crippen MR) is 110 cm³/mol. The third-order valence-electron chi connectivity index (χ3n) is 4.79. The molecule has 7 heteroatoms. The SMILES string of the molecule is COc1cccc(-c2nc(C(=O)NC(C)C(=O)O)cc3c2[nH]c2ccccc23)c1. The van der Waals surface area contributed by atoms with E-state index in [2.05, 4.69) is 15.3 Å². The zero-order valence-corrected chi connectivity index (χ0v) is 15.9. The summed E-state index contributed by atoms with van der Waals surface area (Å²) in [5.41, 5.74) is 3.23. The van der Waals surface area contributed by atoms with E-state index in [4.69, 9.17) is 9.84 Å². The zero-order valence-electron chi connectivity index (χ0n) is 15.9. The van der Waals surface area contributed by atoms with Gasteiger partial charge in [-0.15, -0.1) is 0 Å². The highest BCUT2D eigenvalue weighted by atomic mass is 16.5. The fraction of sp³-hybridized carbons (Fsp3) is 0.136. The van der Waals surface area contributed by atoms with E-state index in [1.807, 2.05) is 48.5 Å². The Balaban J connectivity index is 1.95. The predicted octanol–water partition coefficient (Wildman–Crippen LogP) is 3.59. The molecule has 2 aromatic carbocycles. The molecule has 2 heterocycles. The van der Waals surface area contributed by atoms with E-state index >= 15 is 0 Å². The van der Waals surface area contributed by atoms with Crippen molar-refractivity contribution in [3.63, 3.8) is 0 Å². The van der Waals surface area contributed by atoms with Gasteiger partial charge in [0.05, 0.1) is 18.3 Å². The summed E-state index contributed by atoms with van der Waals surface area (Å²) in [6, 6.07) is 15.8. The maximum atomic E-state index is 12.7. The van der Waals surface area contributed by atoms with Gasteiger partial charge in [0.2, 0.25) is 0 Å². The number of aromatic nitrogens is 2. The largest absolute Gasteiger partial charge is 0.497 e. The maximum absolute atomic E-state index is 12.7. The minimum atomic E-state index is -1.11. The number of methoxy groups -OCH3 is 1. The van der Waals surface area contributed by atoms with Crippen molar-refractivity contribution in [3.8, 4) is 17.0 Å². The fourth-order valence-electron chi connectivity index (χ4n) is 3.27. The number of para-hydroxylation sites is 1. The molecule has 4 rings (SSSR count). The molecular formula is C22H19N3O4. The number of ether oxygens (including phenoxy) is 1. The second-order valence-electron chi connectivity index (χ2n) is 6.71. The Hall–Kier alpha value is -3.87. The lowest BCUT2D eigenvalue weighted by molar-refractivity contribution is -0.138. The van der Waals surface area contributed by atoms with Crippen LogP contribution >= 0.6 is 0 Å². The lowest BCUT2D eigenvalue weighted by atomic mass is 10.1. The van der Waals surface area contributed by atoms with Gasteiger partial charge < -0.3 is 20.1 Å². The minimum Gasteiger partial charge on any atom is -0.497 e. The number of nitrogens with zero attached hydrogens (tertiary/aromatic N) is 1. The van der Waals surface area contributed by atoms with Crippen molar-refractivity contribution < 1.29 is 19.4 Å². The first-order valence-electron chi connectivity index (χ1n) is 9.07. The number of carboxylic acid groups (broad SMARTS) is 1. The van der Waals surface area contributed by atoms with Crippen molar-refractivity contribution in [2.75, 3.05) is 7.11 Å². The number of H-pyrrole nitrogens is 1. The third kappa shape index (κ3) is 3.38. The van der Waals surface area contributed by atoms with E-state index in [1.54, 1.807) is 13.2 Å². The van der Waals surface area contributed by atoms with Gasteiger partial charge in [0.25, 0.3) is 5.91 Å². The monoisotopic (exact) mass is 389 g/mol. The molecule has 2 aromatic heterocycles.